The minimum atomic E-state index is 0.00649. The van der Waals surface area contributed by atoms with Gasteiger partial charge in [0.15, 0.2) is 0 Å². The van der Waals surface area contributed by atoms with Crippen molar-refractivity contribution >= 4 is 5.91 Å². The summed E-state index contributed by atoms with van der Waals surface area (Å²) in [5.74, 6) is 0.588. The number of nitrogens with zero attached hydrogens (tertiary/aromatic N) is 4. The van der Waals surface area contributed by atoms with Crippen LogP contribution < -0.4 is 5.32 Å². The number of hydrogen-bond acceptors (Lipinski definition) is 4. The molecule has 1 amide bonds. The third kappa shape index (κ3) is 5.16. The molecule has 3 rings (SSSR count). The van der Waals surface area contributed by atoms with E-state index in [-0.39, 0.29) is 12.5 Å². The average Bonchev–Trinajstić information content (AvgIpc) is 3.13. The second-order valence-corrected chi connectivity index (χ2v) is 6.43. The zero-order valence-electron chi connectivity index (χ0n) is 14.0. The number of rotatable bonds is 7. The Morgan fingerprint density at radius 3 is 2.71 bits per heavy atom. The lowest BCUT2D eigenvalue weighted by Crippen LogP contribution is -2.40. The van der Waals surface area contributed by atoms with Crippen LogP contribution in [0.1, 0.15) is 18.4 Å². The van der Waals surface area contributed by atoms with E-state index >= 15 is 0 Å². The van der Waals surface area contributed by atoms with Crippen LogP contribution in [0.3, 0.4) is 0 Å². The Kier molecular flexibility index (Phi) is 5.96. The Hall–Kier alpha value is -2.21. The van der Waals surface area contributed by atoms with E-state index in [1.54, 1.807) is 17.1 Å². The number of aromatic nitrogens is 3. The molecule has 1 aromatic carbocycles. The maximum atomic E-state index is 11.9. The van der Waals surface area contributed by atoms with E-state index in [0.29, 0.717) is 5.92 Å². The van der Waals surface area contributed by atoms with Gasteiger partial charge in [-0.2, -0.15) is 0 Å². The Morgan fingerprint density at radius 1 is 1.21 bits per heavy atom. The highest BCUT2D eigenvalue weighted by atomic mass is 16.2. The third-order valence-corrected chi connectivity index (χ3v) is 4.63. The van der Waals surface area contributed by atoms with Gasteiger partial charge in [-0.15, -0.1) is 5.10 Å². The van der Waals surface area contributed by atoms with E-state index in [2.05, 4.69) is 50.9 Å². The van der Waals surface area contributed by atoms with Gasteiger partial charge in [0.2, 0.25) is 5.91 Å². The molecule has 2 heterocycles. The Bertz CT molecular complexity index is 606. The van der Waals surface area contributed by atoms with Crippen LogP contribution in [0.4, 0.5) is 0 Å². The lowest BCUT2D eigenvalue weighted by atomic mass is 9.96. The topological polar surface area (TPSA) is 63.1 Å². The van der Waals surface area contributed by atoms with Crippen LogP contribution >= 0.6 is 0 Å². The number of nitrogens with one attached hydrogen (secondary N) is 1. The monoisotopic (exact) mass is 327 g/mol. The van der Waals surface area contributed by atoms with Crippen LogP contribution in [0, 0.1) is 5.92 Å². The third-order valence-electron chi connectivity index (χ3n) is 4.63. The maximum Gasteiger partial charge on any atom is 0.241 e. The minimum absolute atomic E-state index is 0.00649. The van der Waals surface area contributed by atoms with Gasteiger partial charge in [0.05, 0.1) is 6.20 Å². The Balaban J connectivity index is 1.31. The molecule has 1 fully saturated rings. The van der Waals surface area contributed by atoms with Crippen molar-refractivity contribution in [3.63, 3.8) is 0 Å². The molecule has 0 spiro atoms. The normalized spacial score (nSPS) is 16.2. The molecule has 2 aromatic rings. The largest absolute Gasteiger partial charge is 0.354 e. The van der Waals surface area contributed by atoms with Crippen molar-refractivity contribution in [1.82, 2.24) is 25.2 Å². The van der Waals surface area contributed by atoms with E-state index in [1.165, 1.54) is 5.56 Å². The second-order valence-electron chi connectivity index (χ2n) is 6.43. The molecule has 1 aliphatic rings. The molecule has 24 heavy (non-hydrogen) atoms. The van der Waals surface area contributed by atoms with Crippen molar-refractivity contribution < 1.29 is 4.79 Å². The van der Waals surface area contributed by atoms with Crippen molar-refractivity contribution in [1.29, 1.82) is 0 Å². The molecule has 128 valence electrons. The predicted molar refractivity (Wildman–Crippen MR) is 92.3 cm³/mol. The van der Waals surface area contributed by atoms with Gasteiger partial charge in [-0.1, -0.05) is 35.5 Å². The molecule has 6 heteroatoms. The molecule has 0 saturated carbocycles. The molecule has 0 radical (unpaired) electrons. The van der Waals surface area contributed by atoms with Crippen LogP contribution in [0.15, 0.2) is 42.7 Å². The standard InChI is InChI=1S/C18H25N5O/c24-18(15-23-13-9-20-21-23)19-14-17-7-11-22(12-8-17)10-6-16-4-2-1-3-5-16/h1-5,9,13,17H,6-8,10-12,14-15H2,(H,19,24). The minimum Gasteiger partial charge on any atom is -0.354 e. The zero-order valence-corrected chi connectivity index (χ0v) is 14.0. The number of carbonyl (C=O) groups excluding carboxylic acids is 1. The van der Waals surface area contributed by atoms with Gasteiger partial charge in [-0.3, -0.25) is 4.79 Å². The number of hydrogen-bond donors (Lipinski definition) is 1. The second kappa shape index (κ2) is 8.59. The summed E-state index contributed by atoms with van der Waals surface area (Å²) in [7, 11) is 0. The van der Waals surface area contributed by atoms with Gasteiger partial charge >= 0.3 is 0 Å². The summed E-state index contributed by atoms with van der Waals surface area (Å²) >= 11 is 0. The fourth-order valence-electron chi connectivity index (χ4n) is 3.12. The van der Waals surface area contributed by atoms with Crippen molar-refractivity contribution in [2.45, 2.75) is 25.8 Å². The summed E-state index contributed by atoms with van der Waals surface area (Å²) in [6, 6.07) is 10.6. The number of likely N-dealkylation sites (tertiary alicyclic amines) is 1. The highest BCUT2D eigenvalue weighted by Crippen LogP contribution is 2.16. The Morgan fingerprint density at radius 2 is 2.00 bits per heavy atom. The van der Waals surface area contributed by atoms with E-state index in [4.69, 9.17) is 0 Å². The molecule has 1 N–H and O–H groups in total. The molecule has 1 aliphatic heterocycles. The van der Waals surface area contributed by atoms with E-state index in [9.17, 15) is 4.79 Å². The lowest BCUT2D eigenvalue weighted by molar-refractivity contribution is -0.122. The lowest BCUT2D eigenvalue weighted by Gasteiger charge is -2.32. The van der Waals surface area contributed by atoms with Gasteiger partial charge in [-0.25, -0.2) is 4.68 Å². The van der Waals surface area contributed by atoms with E-state index in [1.807, 2.05) is 0 Å². The first kappa shape index (κ1) is 16.6. The molecule has 0 atom stereocenters. The number of amides is 1. The van der Waals surface area contributed by atoms with Gasteiger partial charge in [0, 0.05) is 19.3 Å². The molecule has 6 nitrogen and oxygen atoms in total. The van der Waals surface area contributed by atoms with Crippen molar-refractivity contribution in [2.75, 3.05) is 26.2 Å². The van der Waals surface area contributed by atoms with Crippen molar-refractivity contribution in [2.24, 2.45) is 5.92 Å². The van der Waals surface area contributed by atoms with Gasteiger partial charge in [0.1, 0.15) is 6.54 Å². The fraction of sp³-hybridized carbons (Fsp3) is 0.500. The number of carbonyl (C=O) groups is 1. The number of piperidine rings is 1. The summed E-state index contributed by atoms with van der Waals surface area (Å²) in [6.07, 6.45) is 6.69. The molecule has 0 aliphatic carbocycles. The van der Waals surface area contributed by atoms with Gasteiger partial charge < -0.3 is 10.2 Å². The first-order valence-electron chi connectivity index (χ1n) is 8.66. The summed E-state index contributed by atoms with van der Waals surface area (Å²) < 4.78 is 1.54. The summed E-state index contributed by atoms with van der Waals surface area (Å²) in [5, 5.41) is 10.5. The van der Waals surface area contributed by atoms with Crippen LogP contribution in [0.25, 0.3) is 0 Å². The molecule has 0 bridgehead atoms. The van der Waals surface area contributed by atoms with Crippen molar-refractivity contribution in [3.05, 3.63) is 48.3 Å². The summed E-state index contributed by atoms with van der Waals surface area (Å²) in [4.78, 5) is 14.4. The zero-order chi connectivity index (χ0) is 16.6. The highest BCUT2D eigenvalue weighted by molar-refractivity contribution is 5.75. The smallest absolute Gasteiger partial charge is 0.241 e. The summed E-state index contributed by atoms with van der Waals surface area (Å²) in [5.41, 5.74) is 1.40. The first-order chi connectivity index (χ1) is 11.8. The van der Waals surface area contributed by atoms with Crippen LogP contribution in [-0.2, 0) is 17.8 Å². The summed E-state index contributed by atoms with van der Waals surface area (Å²) in [6.45, 7) is 4.37. The van der Waals surface area contributed by atoms with Crippen molar-refractivity contribution in [3.8, 4) is 0 Å². The molecule has 1 aromatic heterocycles. The van der Waals surface area contributed by atoms with E-state index in [0.717, 1.165) is 45.4 Å². The van der Waals surface area contributed by atoms with Crippen LogP contribution in [0.2, 0.25) is 0 Å². The van der Waals surface area contributed by atoms with E-state index < -0.39 is 0 Å². The number of benzene rings is 1. The predicted octanol–water partition coefficient (Wildman–Crippen LogP) is 1.35. The van der Waals surface area contributed by atoms with Gasteiger partial charge in [-0.05, 0) is 43.8 Å². The van der Waals surface area contributed by atoms with Crippen LogP contribution in [0.5, 0.6) is 0 Å². The average molecular weight is 327 g/mol. The first-order valence-corrected chi connectivity index (χ1v) is 8.66. The van der Waals surface area contributed by atoms with Gasteiger partial charge in [0.25, 0.3) is 0 Å². The Labute approximate surface area is 142 Å². The fourth-order valence-corrected chi connectivity index (χ4v) is 3.12. The molecule has 0 unspecified atom stereocenters. The molecular weight excluding hydrogens is 302 g/mol. The quantitative estimate of drug-likeness (QED) is 0.834. The maximum absolute atomic E-state index is 11.9. The van der Waals surface area contributed by atoms with Crippen LogP contribution in [-0.4, -0.2) is 52.0 Å². The SMILES string of the molecule is O=C(Cn1ccnn1)NCC1CCN(CCc2ccccc2)CC1. The molecule has 1 saturated heterocycles. The molecular formula is C18H25N5O. The highest BCUT2D eigenvalue weighted by Gasteiger charge is 2.19.